The maximum Gasteiger partial charge on any atom is 0.137 e. The molecule has 3 heteroatoms. The fourth-order valence-corrected chi connectivity index (χ4v) is 4.60. The average Bonchev–Trinajstić information content (AvgIpc) is 2.77. The van der Waals surface area contributed by atoms with E-state index < -0.39 is 0 Å². The molecule has 4 rings (SSSR count). The molecule has 2 heterocycles. The lowest BCUT2D eigenvalue weighted by Gasteiger charge is -2.36. The van der Waals surface area contributed by atoms with Gasteiger partial charge in [-0.05, 0) is 61.1 Å². The lowest BCUT2D eigenvalue weighted by Crippen LogP contribution is -2.41. The molecular weight excluding hydrogens is 310 g/mol. The number of carbonyl (C=O) groups excluding carboxylic acids is 1. The maximum atomic E-state index is 12.5. The number of hydrogen-bond donors (Lipinski definition) is 0. The summed E-state index contributed by atoms with van der Waals surface area (Å²) in [5.41, 5.74) is 4.20. The molecule has 1 aliphatic carbocycles. The Hall–Kier alpha value is -1.19. The van der Waals surface area contributed by atoms with E-state index in [2.05, 4.69) is 23.1 Å². The van der Waals surface area contributed by atoms with Crippen LogP contribution in [0.15, 0.2) is 18.2 Å². The quantitative estimate of drug-likeness (QED) is 0.820. The molecule has 1 saturated carbocycles. The van der Waals surface area contributed by atoms with Crippen LogP contribution in [0.3, 0.4) is 0 Å². The van der Waals surface area contributed by atoms with Gasteiger partial charge in [0.25, 0.3) is 0 Å². The molecule has 0 bridgehead atoms. The second-order valence-corrected chi connectivity index (χ2v) is 8.20. The molecule has 3 aliphatic rings. The van der Waals surface area contributed by atoms with Gasteiger partial charge >= 0.3 is 0 Å². The van der Waals surface area contributed by atoms with Gasteiger partial charge in [0.15, 0.2) is 0 Å². The fourth-order valence-electron chi connectivity index (χ4n) is 4.60. The van der Waals surface area contributed by atoms with Crippen LogP contribution in [0.4, 0.5) is 0 Å². The van der Waals surface area contributed by atoms with E-state index in [1.165, 1.54) is 55.5 Å². The van der Waals surface area contributed by atoms with Crippen LogP contribution in [0.2, 0.25) is 0 Å². The Morgan fingerprint density at radius 2 is 1.80 bits per heavy atom. The Bertz CT molecular complexity index is 602. The third kappa shape index (κ3) is 4.32. The van der Waals surface area contributed by atoms with Crippen molar-refractivity contribution < 1.29 is 9.53 Å². The summed E-state index contributed by atoms with van der Waals surface area (Å²) < 4.78 is 5.40. The monoisotopic (exact) mass is 341 g/mol. The van der Waals surface area contributed by atoms with Gasteiger partial charge in [-0.15, -0.1) is 0 Å². The second kappa shape index (κ2) is 8.01. The first kappa shape index (κ1) is 17.2. The number of nitrogens with zero attached hydrogens (tertiary/aromatic N) is 1. The Kier molecular flexibility index (Phi) is 5.52. The molecule has 0 amide bonds. The number of rotatable bonds is 5. The summed E-state index contributed by atoms with van der Waals surface area (Å²) in [6, 6.07) is 7.65. The molecule has 2 fully saturated rings. The highest BCUT2D eigenvalue weighted by atomic mass is 16.5. The predicted octanol–water partition coefficient (Wildman–Crippen LogP) is 3.57. The molecule has 0 radical (unpaired) electrons. The second-order valence-electron chi connectivity index (χ2n) is 8.20. The van der Waals surface area contributed by atoms with Gasteiger partial charge in [0.05, 0.1) is 0 Å². The molecular formula is C22H31NO2. The van der Waals surface area contributed by atoms with E-state index in [1.807, 2.05) is 0 Å². The van der Waals surface area contributed by atoms with Crippen LogP contribution in [-0.4, -0.2) is 43.0 Å². The van der Waals surface area contributed by atoms with Crippen molar-refractivity contribution in [2.45, 2.75) is 63.8 Å². The SMILES string of the molecule is O=C(Cc1ccc2c(c1)CCN(C1CCC1)CC2)CC1CCOCC1. The van der Waals surface area contributed by atoms with Gasteiger partial charge < -0.3 is 4.74 Å². The minimum Gasteiger partial charge on any atom is -0.381 e. The highest BCUT2D eigenvalue weighted by Crippen LogP contribution is 2.28. The summed E-state index contributed by atoms with van der Waals surface area (Å²) in [6.07, 6.45) is 9.95. The number of hydrogen-bond acceptors (Lipinski definition) is 3. The topological polar surface area (TPSA) is 29.5 Å². The first-order valence-corrected chi connectivity index (χ1v) is 10.2. The third-order valence-electron chi connectivity index (χ3n) is 6.46. The van der Waals surface area contributed by atoms with Gasteiger partial charge in [0.1, 0.15) is 5.78 Å². The Morgan fingerprint density at radius 3 is 2.52 bits per heavy atom. The number of Topliss-reactive ketones (excluding diaryl/α,β-unsaturated/α-hetero) is 1. The zero-order valence-electron chi connectivity index (χ0n) is 15.3. The van der Waals surface area contributed by atoms with Gasteiger partial charge in [-0.2, -0.15) is 0 Å². The summed E-state index contributed by atoms with van der Waals surface area (Å²) in [7, 11) is 0. The van der Waals surface area contributed by atoms with Crippen LogP contribution in [0.1, 0.15) is 55.2 Å². The first-order valence-electron chi connectivity index (χ1n) is 10.2. The van der Waals surface area contributed by atoms with E-state index >= 15 is 0 Å². The van der Waals surface area contributed by atoms with Crippen molar-refractivity contribution in [2.24, 2.45) is 5.92 Å². The van der Waals surface area contributed by atoms with E-state index in [-0.39, 0.29) is 0 Å². The van der Waals surface area contributed by atoms with Crippen molar-refractivity contribution in [3.8, 4) is 0 Å². The zero-order valence-corrected chi connectivity index (χ0v) is 15.3. The van der Waals surface area contributed by atoms with Crippen LogP contribution in [0.5, 0.6) is 0 Å². The minimum absolute atomic E-state index is 0.400. The van der Waals surface area contributed by atoms with Crippen molar-refractivity contribution in [1.82, 2.24) is 4.90 Å². The van der Waals surface area contributed by atoms with Crippen LogP contribution in [-0.2, 0) is 28.8 Å². The standard InChI is InChI=1S/C22H31NO2/c24-22(15-17-8-12-25-13-9-17)16-18-4-5-19-6-10-23(21-2-1-3-21)11-7-20(19)14-18/h4-5,14,17,21H,1-3,6-13,15-16H2. The van der Waals surface area contributed by atoms with Crippen LogP contribution in [0.25, 0.3) is 0 Å². The number of ketones is 1. The van der Waals surface area contributed by atoms with Gasteiger partial charge in [0.2, 0.25) is 0 Å². The van der Waals surface area contributed by atoms with Crippen LogP contribution >= 0.6 is 0 Å². The molecule has 0 atom stereocenters. The molecule has 0 N–H and O–H groups in total. The van der Waals surface area contributed by atoms with E-state index in [0.29, 0.717) is 18.1 Å². The molecule has 1 aromatic rings. The summed E-state index contributed by atoms with van der Waals surface area (Å²) >= 11 is 0. The first-order chi connectivity index (χ1) is 12.3. The molecule has 136 valence electrons. The minimum atomic E-state index is 0.400. The Balaban J connectivity index is 1.34. The lowest BCUT2D eigenvalue weighted by atomic mass is 9.91. The third-order valence-corrected chi connectivity index (χ3v) is 6.46. The summed E-state index contributed by atoms with van der Waals surface area (Å²) in [5.74, 6) is 0.940. The fraction of sp³-hybridized carbons (Fsp3) is 0.682. The van der Waals surface area contributed by atoms with Gasteiger partial charge in [0, 0.05) is 45.2 Å². The smallest absolute Gasteiger partial charge is 0.137 e. The summed E-state index contributed by atoms with van der Waals surface area (Å²) in [4.78, 5) is 15.1. The Labute approximate surface area is 151 Å². The highest BCUT2D eigenvalue weighted by molar-refractivity contribution is 5.81. The largest absolute Gasteiger partial charge is 0.381 e. The van der Waals surface area contributed by atoms with Crippen molar-refractivity contribution in [3.63, 3.8) is 0 Å². The van der Waals surface area contributed by atoms with Crippen molar-refractivity contribution in [1.29, 1.82) is 0 Å². The number of fused-ring (bicyclic) bond motifs is 1. The van der Waals surface area contributed by atoms with Gasteiger partial charge in [-0.25, -0.2) is 0 Å². The number of benzene rings is 1. The van der Waals surface area contributed by atoms with Crippen molar-refractivity contribution in [2.75, 3.05) is 26.3 Å². The lowest BCUT2D eigenvalue weighted by molar-refractivity contribution is -0.120. The van der Waals surface area contributed by atoms with E-state index in [1.54, 1.807) is 0 Å². The average molecular weight is 341 g/mol. The van der Waals surface area contributed by atoms with E-state index in [0.717, 1.165) is 44.9 Å². The summed E-state index contributed by atoms with van der Waals surface area (Å²) in [5, 5.41) is 0. The zero-order chi connectivity index (χ0) is 17.1. The molecule has 1 saturated heterocycles. The number of ether oxygens (including phenoxy) is 1. The molecule has 0 unspecified atom stereocenters. The molecule has 25 heavy (non-hydrogen) atoms. The van der Waals surface area contributed by atoms with Crippen molar-refractivity contribution in [3.05, 3.63) is 34.9 Å². The highest BCUT2D eigenvalue weighted by Gasteiger charge is 2.26. The van der Waals surface area contributed by atoms with Gasteiger partial charge in [-0.3, -0.25) is 9.69 Å². The molecule has 2 aliphatic heterocycles. The normalized spacial score (nSPS) is 22.9. The summed E-state index contributed by atoms with van der Waals surface area (Å²) in [6.45, 7) is 4.05. The van der Waals surface area contributed by atoms with Crippen LogP contribution in [0, 0.1) is 5.92 Å². The molecule has 0 aromatic heterocycles. The molecule has 3 nitrogen and oxygen atoms in total. The maximum absolute atomic E-state index is 12.5. The number of carbonyl (C=O) groups is 1. The van der Waals surface area contributed by atoms with E-state index in [4.69, 9.17) is 4.74 Å². The molecule has 1 aromatic carbocycles. The molecule has 0 spiro atoms. The van der Waals surface area contributed by atoms with Crippen LogP contribution < -0.4 is 0 Å². The predicted molar refractivity (Wildman–Crippen MR) is 99.9 cm³/mol. The van der Waals surface area contributed by atoms with E-state index in [9.17, 15) is 4.79 Å². The Morgan fingerprint density at radius 1 is 1.04 bits per heavy atom. The van der Waals surface area contributed by atoms with Gasteiger partial charge in [-0.1, -0.05) is 24.6 Å². The van der Waals surface area contributed by atoms with Crippen molar-refractivity contribution >= 4 is 5.78 Å².